The summed E-state index contributed by atoms with van der Waals surface area (Å²) >= 11 is 0. The first-order valence-corrected chi connectivity index (χ1v) is 6.52. The van der Waals surface area contributed by atoms with Gasteiger partial charge in [-0.3, -0.25) is 4.79 Å². The minimum absolute atomic E-state index is 0.103. The second-order valence-electron chi connectivity index (χ2n) is 4.42. The normalized spacial score (nSPS) is 11.7. The number of carbonyl (C=O) groups excluding carboxylic acids is 1. The summed E-state index contributed by atoms with van der Waals surface area (Å²) in [5.41, 5.74) is 6.20. The van der Waals surface area contributed by atoms with E-state index < -0.39 is 12.6 Å². The number of amides is 1. The van der Waals surface area contributed by atoms with E-state index in [1.165, 1.54) is 0 Å². The van der Waals surface area contributed by atoms with Gasteiger partial charge in [-0.05, 0) is 30.7 Å². The topological polar surface area (TPSA) is 102 Å². The van der Waals surface area contributed by atoms with Gasteiger partial charge in [0, 0.05) is 12.2 Å². The summed E-state index contributed by atoms with van der Waals surface area (Å²) < 4.78 is 5.00. The molecular weight excluding hydrogens is 260 g/mol. The van der Waals surface area contributed by atoms with E-state index in [4.69, 9.17) is 15.6 Å². The molecule has 0 aliphatic rings. The van der Waals surface area contributed by atoms with E-state index in [2.05, 4.69) is 5.32 Å². The third kappa shape index (κ3) is 5.27. The molecule has 4 N–H and O–H groups in total. The number of carbonyl (C=O) groups is 2. The Morgan fingerprint density at radius 2 is 2.00 bits per heavy atom. The number of carboxylic acids is 1. The van der Waals surface area contributed by atoms with E-state index in [0.717, 1.165) is 12.8 Å². The Labute approximate surface area is 117 Å². The number of carboxylic acid groups (broad SMARTS) is 1. The Hall–Kier alpha value is -2.08. The zero-order chi connectivity index (χ0) is 15.0. The molecule has 1 unspecified atom stereocenters. The molecule has 0 saturated carbocycles. The van der Waals surface area contributed by atoms with Crippen molar-refractivity contribution in [3.05, 3.63) is 24.3 Å². The van der Waals surface area contributed by atoms with Gasteiger partial charge in [0.15, 0.2) is 6.61 Å². The van der Waals surface area contributed by atoms with Crippen LogP contribution in [0.1, 0.15) is 19.8 Å². The first-order valence-electron chi connectivity index (χ1n) is 6.52. The highest BCUT2D eigenvalue weighted by atomic mass is 16.5. The lowest BCUT2D eigenvalue weighted by atomic mass is 10.0. The Morgan fingerprint density at radius 1 is 1.35 bits per heavy atom. The highest BCUT2D eigenvalue weighted by molar-refractivity contribution is 5.92. The molecular formula is C14H20N2O4. The third-order valence-corrected chi connectivity index (χ3v) is 2.78. The molecule has 0 aliphatic carbocycles. The van der Waals surface area contributed by atoms with Gasteiger partial charge in [-0.2, -0.15) is 0 Å². The number of hydrogen-bond donors (Lipinski definition) is 3. The first kappa shape index (κ1) is 16.0. The van der Waals surface area contributed by atoms with Gasteiger partial charge >= 0.3 is 5.97 Å². The Balaban J connectivity index is 2.56. The fourth-order valence-electron chi connectivity index (χ4n) is 1.73. The lowest BCUT2D eigenvalue weighted by Crippen LogP contribution is -2.29. The van der Waals surface area contributed by atoms with Crippen molar-refractivity contribution in [3.63, 3.8) is 0 Å². The molecule has 1 amide bonds. The highest BCUT2D eigenvalue weighted by Gasteiger charge is 2.15. The SMILES string of the molecule is CCCC(CN)C(=O)Nc1ccc(OCC(=O)O)cc1. The van der Waals surface area contributed by atoms with Crippen molar-refractivity contribution < 1.29 is 19.4 Å². The fourth-order valence-corrected chi connectivity index (χ4v) is 1.73. The van der Waals surface area contributed by atoms with Crippen molar-refractivity contribution in [2.75, 3.05) is 18.5 Å². The molecule has 0 heterocycles. The van der Waals surface area contributed by atoms with Gasteiger partial charge in [0.25, 0.3) is 0 Å². The predicted molar refractivity (Wildman–Crippen MR) is 75.7 cm³/mol. The highest BCUT2D eigenvalue weighted by Crippen LogP contribution is 2.17. The maximum atomic E-state index is 11.9. The van der Waals surface area contributed by atoms with Crippen molar-refractivity contribution in [3.8, 4) is 5.75 Å². The van der Waals surface area contributed by atoms with Crippen LogP contribution in [0.5, 0.6) is 5.75 Å². The predicted octanol–water partition coefficient (Wildman–Crippen LogP) is 1.46. The van der Waals surface area contributed by atoms with Crippen LogP contribution in [0.2, 0.25) is 0 Å². The molecule has 0 aliphatic heterocycles. The van der Waals surface area contributed by atoms with Crippen molar-refractivity contribution in [2.24, 2.45) is 11.7 Å². The Morgan fingerprint density at radius 3 is 2.50 bits per heavy atom. The number of hydrogen-bond acceptors (Lipinski definition) is 4. The molecule has 0 fully saturated rings. The summed E-state index contributed by atoms with van der Waals surface area (Å²) in [6.45, 7) is 1.93. The summed E-state index contributed by atoms with van der Waals surface area (Å²) in [6.07, 6.45) is 1.65. The average Bonchev–Trinajstić information content (AvgIpc) is 2.43. The van der Waals surface area contributed by atoms with Crippen molar-refractivity contribution in [2.45, 2.75) is 19.8 Å². The molecule has 6 heteroatoms. The second kappa shape index (κ2) is 8.16. The number of nitrogens with two attached hydrogens (primary N) is 1. The number of rotatable bonds is 8. The number of anilines is 1. The van der Waals surface area contributed by atoms with Gasteiger partial charge in [-0.25, -0.2) is 4.79 Å². The minimum atomic E-state index is -1.03. The molecule has 0 bridgehead atoms. The van der Waals surface area contributed by atoms with Crippen LogP contribution in [0.25, 0.3) is 0 Å². The van der Waals surface area contributed by atoms with Crippen molar-refractivity contribution in [1.29, 1.82) is 0 Å². The zero-order valence-corrected chi connectivity index (χ0v) is 11.5. The van der Waals surface area contributed by atoms with Crippen LogP contribution in [-0.4, -0.2) is 30.1 Å². The molecule has 0 saturated heterocycles. The molecule has 20 heavy (non-hydrogen) atoms. The van der Waals surface area contributed by atoms with Crippen molar-refractivity contribution >= 4 is 17.6 Å². The Kier molecular flexibility index (Phi) is 6.52. The third-order valence-electron chi connectivity index (χ3n) is 2.78. The second-order valence-corrected chi connectivity index (χ2v) is 4.42. The van der Waals surface area contributed by atoms with E-state index in [9.17, 15) is 9.59 Å². The van der Waals surface area contributed by atoms with Gasteiger partial charge < -0.3 is 20.9 Å². The van der Waals surface area contributed by atoms with Crippen LogP contribution in [-0.2, 0) is 9.59 Å². The van der Waals surface area contributed by atoms with Gasteiger partial charge in [0.2, 0.25) is 5.91 Å². The molecule has 1 aromatic rings. The van der Waals surface area contributed by atoms with E-state index in [1.54, 1.807) is 24.3 Å². The first-order chi connectivity index (χ1) is 9.56. The summed E-state index contributed by atoms with van der Waals surface area (Å²) in [7, 11) is 0. The number of ether oxygens (including phenoxy) is 1. The van der Waals surface area contributed by atoms with Gasteiger partial charge in [0.05, 0.1) is 5.92 Å². The summed E-state index contributed by atoms with van der Waals surface area (Å²) in [4.78, 5) is 22.3. The molecule has 110 valence electrons. The smallest absolute Gasteiger partial charge is 0.341 e. The van der Waals surface area contributed by atoms with E-state index in [1.807, 2.05) is 6.92 Å². The molecule has 1 atom stereocenters. The van der Waals surface area contributed by atoms with Crippen LogP contribution in [0.15, 0.2) is 24.3 Å². The largest absolute Gasteiger partial charge is 0.482 e. The van der Waals surface area contributed by atoms with Gasteiger partial charge in [-0.15, -0.1) is 0 Å². The van der Waals surface area contributed by atoms with Crippen LogP contribution < -0.4 is 15.8 Å². The van der Waals surface area contributed by atoms with E-state index in [0.29, 0.717) is 18.0 Å². The van der Waals surface area contributed by atoms with Crippen molar-refractivity contribution in [1.82, 2.24) is 0 Å². The molecule has 0 aromatic heterocycles. The fraction of sp³-hybridized carbons (Fsp3) is 0.429. The number of aliphatic carboxylic acids is 1. The molecule has 1 aromatic carbocycles. The zero-order valence-electron chi connectivity index (χ0n) is 11.5. The van der Waals surface area contributed by atoms with Gasteiger partial charge in [-0.1, -0.05) is 13.3 Å². The quantitative estimate of drug-likeness (QED) is 0.669. The molecule has 6 nitrogen and oxygen atoms in total. The summed E-state index contributed by atoms with van der Waals surface area (Å²) in [5, 5.41) is 11.3. The molecule has 0 spiro atoms. The maximum Gasteiger partial charge on any atom is 0.341 e. The number of nitrogens with one attached hydrogen (secondary N) is 1. The lowest BCUT2D eigenvalue weighted by Gasteiger charge is -2.14. The molecule has 1 rings (SSSR count). The Bertz CT molecular complexity index is 445. The van der Waals surface area contributed by atoms with Crippen LogP contribution >= 0.6 is 0 Å². The summed E-state index contributed by atoms with van der Waals surface area (Å²) in [6, 6.07) is 6.54. The van der Waals surface area contributed by atoms with E-state index in [-0.39, 0.29) is 11.8 Å². The average molecular weight is 280 g/mol. The lowest BCUT2D eigenvalue weighted by molar-refractivity contribution is -0.139. The number of benzene rings is 1. The van der Waals surface area contributed by atoms with Gasteiger partial charge in [0.1, 0.15) is 5.75 Å². The monoisotopic (exact) mass is 280 g/mol. The standard InChI is InChI=1S/C14H20N2O4/c1-2-3-10(8-15)14(19)16-11-4-6-12(7-5-11)20-9-13(17)18/h4-7,10H,2-3,8-9,15H2,1H3,(H,16,19)(H,17,18). The minimum Gasteiger partial charge on any atom is -0.482 e. The van der Waals surface area contributed by atoms with E-state index >= 15 is 0 Å². The van der Waals surface area contributed by atoms with Crippen LogP contribution in [0, 0.1) is 5.92 Å². The van der Waals surface area contributed by atoms with Crippen LogP contribution in [0.4, 0.5) is 5.69 Å². The van der Waals surface area contributed by atoms with Crippen LogP contribution in [0.3, 0.4) is 0 Å². The summed E-state index contributed by atoms with van der Waals surface area (Å²) in [5.74, 6) is -0.890. The maximum absolute atomic E-state index is 11.9. The molecule has 0 radical (unpaired) electrons.